The lowest BCUT2D eigenvalue weighted by atomic mass is 9.88. The summed E-state index contributed by atoms with van der Waals surface area (Å²) in [7, 11) is 0. The minimum atomic E-state index is -2.88. The molecule has 0 amide bonds. The predicted molar refractivity (Wildman–Crippen MR) is 102 cm³/mol. The fourth-order valence-electron chi connectivity index (χ4n) is 3.50. The first-order chi connectivity index (χ1) is 13.7. The number of hydrogen-bond donors (Lipinski definition) is 1. The Kier molecular flexibility index (Phi) is 6.41. The Morgan fingerprint density at radius 1 is 1.17 bits per heavy atom. The summed E-state index contributed by atoms with van der Waals surface area (Å²) in [6.07, 6.45) is -1.28. The van der Waals surface area contributed by atoms with Crippen molar-refractivity contribution >= 4 is 0 Å². The van der Waals surface area contributed by atoms with Crippen molar-refractivity contribution in [2.45, 2.75) is 51.5 Å². The topological polar surface area (TPSA) is 61.0 Å². The highest BCUT2D eigenvalue weighted by Crippen LogP contribution is 2.40. The molecule has 0 saturated heterocycles. The van der Waals surface area contributed by atoms with E-state index in [-0.39, 0.29) is 23.6 Å². The summed E-state index contributed by atoms with van der Waals surface area (Å²) in [6, 6.07) is 5.43. The Hall–Kier alpha value is -2.22. The molecule has 4 nitrogen and oxygen atoms in total. The van der Waals surface area contributed by atoms with Crippen LogP contribution in [0, 0.1) is 11.8 Å². The Labute approximate surface area is 167 Å². The molecule has 1 saturated carbocycles. The van der Waals surface area contributed by atoms with E-state index in [0.717, 1.165) is 12.5 Å². The number of rotatable bonds is 9. The quantitative estimate of drug-likeness (QED) is 0.550. The van der Waals surface area contributed by atoms with Crippen LogP contribution in [-0.4, -0.2) is 22.1 Å². The molecule has 2 aromatic heterocycles. The van der Waals surface area contributed by atoms with E-state index >= 15 is 0 Å². The Morgan fingerprint density at radius 2 is 1.90 bits per heavy atom. The molecule has 1 fully saturated rings. The molecule has 2 aromatic rings. The van der Waals surface area contributed by atoms with Crippen LogP contribution in [0.25, 0.3) is 11.3 Å². The Morgan fingerprint density at radius 3 is 2.52 bits per heavy atom. The van der Waals surface area contributed by atoms with Gasteiger partial charge in [0.1, 0.15) is 23.7 Å². The fourth-order valence-corrected chi connectivity index (χ4v) is 3.50. The number of nitrogens with two attached hydrogens (primary N) is 1. The lowest BCUT2D eigenvalue weighted by molar-refractivity contribution is 0.134. The Balaban J connectivity index is 1.76. The lowest BCUT2D eigenvalue weighted by Gasteiger charge is -2.28. The molecular formula is C21H25F4N3O. The summed E-state index contributed by atoms with van der Waals surface area (Å²) in [6.45, 7) is 4.07. The van der Waals surface area contributed by atoms with E-state index in [1.165, 1.54) is 37.2 Å². The average molecular weight is 411 g/mol. The third kappa shape index (κ3) is 5.65. The minimum absolute atomic E-state index is 0.0531. The van der Waals surface area contributed by atoms with E-state index in [1.54, 1.807) is 0 Å². The first-order valence-corrected chi connectivity index (χ1v) is 9.61. The molecule has 0 spiro atoms. The molecule has 2 N–H and O–H groups in total. The van der Waals surface area contributed by atoms with Gasteiger partial charge in [-0.1, -0.05) is 6.92 Å². The number of ether oxygens (including phenoxy) is 1. The second-order valence-corrected chi connectivity index (χ2v) is 8.11. The van der Waals surface area contributed by atoms with Crippen molar-refractivity contribution in [3.8, 4) is 17.0 Å². The van der Waals surface area contributed by atoms with Gasteiger partial charge in [-0.05, 0) is 62.3 Å². The van der Waals surface area contributed by atoms with Crippen molar-refractivity contribution in [3.05, 3.63) is 41.9 Å². The maximum Gasteiger partial charge on any atom is 0.284 e. The number of aromatic nitrogens is 2. The zero-order valence-corrected chi connectivity index (χ0v) is 16.4. The van der Waals surface area contributed by atoms with Crippen LogP contribution in [0.5, 0.6) is 5.75 Å². The predicted octanol–water partition coefficient (Wildman–Crippen LogP) is 5.55. The summed E-state index contributed by atoms with van der Waals surface area (Å²) in [5.41, 5.74) is 5.11. The molecule has 1 aliphatic carbocycles. The summed E-state index contributed by atoms with van der Waals surface area (Å²) in [5, 5.41) is 0. The highest BCUT2D eigenvalue weighted by molar-refractivity contribution is 5.60. The summed E-state index contributed by atoms with van der Waals surface area (Å²) in [5.74, 6) is 1.09. The molecule has 158 valence electrons. The first-order valence-electron chi connectivity index (χ1n) is 9.61. The van der Waals surface area contributed by atoms with Gasteiger partial charge in [0.15, 0.2) is 0 Å². The van der Waals surface area contributed by atoms with Gasteiger partial charge in [0, 0.05) is 17.3 Å². The molecule has 0 bridgehead atoms. The normalized spacial score (nSPS) is 17.4. The number of pyridine rings is 2. The maximum atomic E-state index is 13.6. The monoisotopic (exact) mass is 411 g/mol. The third-order valence-corrected chi connectivity index (χ3v) is 5.17. The molecule has 2 unspecified atom stereocenters. The van der Waals surface area contributed by atoms with E-state index in [0.29, 0.717) is 11.8 Å². The molecule has 2 heterocycles. The lowest BCUT2D eigenvalue weighted by Crippen LogP contribution is -2.44. The van der Waals surface area contributed by atoms with Crippen LogP contribution in [0.15, 0.2) is 30.5 Å². The van der Waals surface area contributed by atoms with Gasteiger partial charge in [-0.3, -0.25) is 4.98 Å². The summed E-state index contributed by atoms with van der Waals surface area (Å²) in [4.78, 5) is 7.53. The van der Waals surface area contributed by atoms with Gasteiger partial charge >= 0.3 is 0 Å². The number of nitrogens with zero attached hydrogens (tertiary/aromatic N) is 2. The third-order valence-electron chi connectivity index (χ3n) is 5.17. The van der Waals surface area contributed by atoms with Gasteiger partial charge in [-0.25, -0.2) is 22.5 Å². The van der Waals surface area contributed by atoms with Gasteiger partial charge in [0.2, 0.25) is 0 Å². The second kappa shape index (κ2) is 8.65. The number of hydrogen-bond acceptors (Lipinski definition) is 4. The van der Waals surface area contributed by atoms with Gasteiger partial charge in [-0.15, -0.1) is 0 Å². The molecule has 0 radical (unpaired) electrons. The van der Waals surface area contributed by atoms with E-state index in [9.17, 15) is 17.6 Å². The second-order valence-electron chi connectivity index (χ2n) is 8.11. The zero-order chi connectivity index (χ0) is 21.2. The molecule has 1 aliphatic rings. The van der Waals surface area contributed by atoms with Crippen molar-refractivity contribution in [2.24, 2.45) is 17.6 Å². The highest BCUT2D eigenvalue weighted by atomic mass is 19.3. The largest absolute Gasteiger partial charge is 0.490 e. The van der Waals surface area contributed by atoms with E-state index in [1.807, 2.05) is 6.92 Å². The number of halogens is 4. The van der Waals surface area contributed by atoms with Crippen LogP contribution in [0.2, 0.25) is 0 Å². The van der Waals surface area contributed by atoms with Crippen molar-refractivity contribution < 1.29 is 22.3 Å². The van der Waals surface area contributed by atoms with E-state index in [4.69, 9.17) is 10.5 Å². The molecule has 2 atom stereocenters. The first kappa shape index (κ1) is 21.5. The van der Waals surface area contributed by atoms with Gasteiger partial charge < -0.3 is 10.5 Å². The van der Waals surface area contributed by atoms with Gasteiger partial charge in [0.25, 0.3) is 12.9 Å². The SMILES string of the molecule is CC(CC(C)(N)COc1ccc(-c2ccnc(C(F)F)c2)nc1C(F)F)C1CC1. The molecule has 8 heteroatoms. The van der Waals surface area contributed by atoms with Crippen LogP contribution in [0.4, 0.5) is 17.6 Å². The van der Waals surface area contributed by atoms with Crippen LogP contribution in [0.3, 0.4) is 0 Å². The molecule has 3 rings (SSSR count). The molecule has 0 aliphatic heterocycles. The minimum Gasteiger partial charge on any atom is -0.490 e. The highest BCUT2D eigenvalue weighted by Gasteiger charge is 2.33. The van der Waals surface area contributed by atoms with Crippen molar-refractivity contribution in [1.82, 2.24) is 9.97 Å². The summed E-state index contributed by atoms with van der Waals surface area (Å²) < 4.78 is 58.5. The van der Waals surface area contributed by atoms with Crippen molar-refractivity contribution in [3.63, 3.8) is 0 Å². The van der Waals surface area contributed by atoms with Gasteiger partial charge in [-0.2, -0.15) is 0 Å². The smallest absolute Gasteiger partial charge is 0.284 e. The Bertz CT molecular complexity index is 840. The van der Waals surface area contributed by atoms with E-state index < -0.39 is 29.8 Å². The van der Waals surface area contributed by atoms with Crippen LogP contribution in [0.1, 0.15) is 57.3 Å². The maximum absolute atomic E-state index is 13.6. The molecular weight excluding hydrogens is 386 g/mol. The van der Waals surface area contributed by atoms with E-state index in [2.05, 4.69) is 16.9 Å². The van der Waals surface area contributed by atoms with Crippen LogP contribution >= 0.6 is 0 Å². The van der Waals surface area contributed by atoms with Crippen LogP contribution in [-0.2, 0) is 0 Å². The average Bonchev–Trinajstić information content (AvgIpc) is 3.51. The summed E-state index contributed by atoms with van der Waals surface area (Å²) >= 11 is 0. The van der Waals surface area contributed by atoms with Gasteiger partial charge in [0.05, 0.1) is 5.69 Å². The fraction of sp³-hybridized carbons (Fsp3) is 0.524. The van der Waals surface area contributed by atoms with Crippen LogP contribution < -0.4 is 10.5 Å². The van der Waals surface area contributed by atoms with Crippen molar-refractivity contribution in [2.75, 3.05) is 6.61 Å². The van der Waals surface area contributed by atoms with Crippen molar-refractivity contribution in [1.29, 1.82) is 0 Å². The molecule has 0 aromatic carbocycles. The zero-order valence-electron chi connectivity index (χ0n) is 16.4. The standard InChI is InChI=1S/C21H25F4N3O/c1-12(13-3-4-13)10-21(2,26)11-29-17-6-5-15(28-18(17)20(24)25)14-7-8-27-16(9-14)19(22)23/h5-9,12-13,19-20H,3-4,10-11,26H2,1-2H3. The molecule has 29 heavy (non-hydrogen) atoms. The number of alkyl halides is 4.